The van der Waals surface area contributed by atoms with Gasteiger partial charge in [0.2, 0.25) is 0 Å². The smallest absolute Gasteiger partial charge is 0.267 e. The van der Waals surface area contributed by atoms with E-state index in [9.17, 15) is 4.79 Å². The zero-order valence-electron chi connectivity index (χ0n) is 14.0. The average Bonchev–Trinajstić information content (AvgIpc) is 2.65. The van der Waals surface area contributed by atoms with Crippen molar-refractivity contribution in [1.29, 1.82) is 0 Å². The van der Waals surface area contributed by atoms with E-state index in [0.717, 1.165) is 22.2 Å². The van der Waals surface area contributed by atoms with Gasteiger partial charge in [-0.15, -0.1) is 0 Å². The van der Waals surface area contributed by atoms with Crippen molar-refractivity contribution in [3.63, 3.8) is 0 Å². The van der Waals surface area contributed by atoms with Crippen molar-refractivity contribution in [3.05, 3.63) is 72.8 Å². The first-order chi connectivity index (χ1) is 11.7. The summed E-state index contributed by atoms with van der Waals surface area (Å²) in [5.74, 6) is 0.700. The molecule has 3 heteroatoms. The number of hydrogen-bond donors (Lipinski definition) is 0. The highest BCUT2D eigenvalue weighted by atomic mass is 16.5. The molecule has 24 heavy (non-hydrogen) atoms. The zero-order chi connectivity index (χ0) is 16.9. The number of rotatable bonds is 5. The molecule has 0 saturated carbocycles. The Hall–Kier alpha value is -2.81. The standard InChI is InChI=1S/C21H21NO2/c1-3-19(21(23)22(2)17-12-5-4-6-13-17)24-20-15-9-11-16-10-7-8-14-18(16)20/h4-15,19H,3H2,1-2H3/t19-/m0/s1. The molecule has 0 aromatic heterocycles. The third kappa shape index (κ3) is 3.25. The summed E-state index contributed by atoms with van der Waals surface area (Å²) in [6.45, 7) is 1.96. The summed E-state index contributed by atoms with van der Waals surface area (Å²) in [5.41, 5.74) is 0.863. The van der Waals surface area contributed by atoms with E-state index in [1.807, 2.05) is 79.7 Å². The second-order valence-electron chi connectivity index (χ2n) is 5.72. The first-order valence-corrected chi connectivity index (χ1v) is 8.17. The van der Waals surface area contributed by atoms with Crippen molar-refractivity contribution in [1.82, 2.24) is 0 Å². The van der Waals surface area contributed by atoms with Crippen LogP contribution in [0.2, 0.25) is 0 Å². The van der Waals surface area contributed by atoms with Gasteiger partial charge in [0.1, 0.15) is 5.75 Å². The lowest BCUT2D eigenvalue weighted by Gasteiger charge is -2.24. The van der Waals surface area contributed by atoms with Crippen LogP contribution in [0.25, 0.3) is 10.8 Å². The number of likely N-dealkylation sites (N-methyl/N-ethyl adjacent to an activating group) is 1. The van der Waals surface area contributed by atoms with Crippen LogP contribution in [0.5, 0.6) is 5.75 Å². The van der Waals surface area contributed by atoms with E-state index in [-0.39, 0.29) is 5.91 Å². The van der Waals surface area contributed by atoms with Crippen LogP contribution in [0, 0.1) is 0 Å². The number of fused-ring (bicyclic) bond motifs is 1. The van der Waals surface area contributed by atoms with Gasteiger partial charge in [-0.2, -0.15) is 0 Å². The number of carbonyl (C=O) groups excluding carboxylic acids is 1. The van der Waals surface area contributed by atoms with E-state index in [2.05, 4.69) is 0 Å². The van der Waals surface area contributed by atoms with E-state index in [0.29, 0.717) is 6.42 Å². The fourth-order valence-corrected chi connectivity index (χ4v) is 2.75. The lowest BCUT2D eigenvalue weighted by Crippen LogP contribution is -2.39. The summed E-state index contributed by atoms with van der Waals surface area (Å²) in [7, 11) is 1.78. The minimum Gasteiger partial charge on any atom is -0.480 e. The van der Waals surface area contributed by atoms with Gasteiger partial charge in [0.15, 0.2) is 6.10 Å². The molecule has 0 bridgehead atoms. The first-order valence-electron chi connectivity index (χ1n) is 8.17. The number of anilines is 1. The van der Waals surface area contributed by atoms with Crippen molar-refractivity contribution >= 4 is 22.4 Å². The molecular formula is C21H21NO2. The molecule has 0 fully saturated rings. The summed E-state index contributed by atoms with van der Waals surface area (Å²) in [6.07, 6.45) is 0.0974. The summed E-state index contributed by atoms with van der Waals surface area (Å²) < 4.78 is 6.09. The van der Waals surface area contributed by atoms with Crippen LogP contribution in [0.1, 0.15) is 13.3 Å². The topological polar surface area (TPSA) is 29.5 Å². The average molecular weight is 319 g/mol. The van der Waals surface area contributed by atoms with Crippen LogP contribution < -0.4 is 9.64 Å². The molecule has 0 aliphatic rings. The highest BCUT2D eigenvalue weighted by molar-refractivity contribution is 5.96. The van der Waals surface area contributed by atoms with E-state index >= 15 is 0 Å². The van der Waals surface area contributed by atoms with Crippen LogP contribution >= 0.6 is 0 Å². The Morgan fingerprint density at radius 2 is 1.62 bits per heavy atom. The largest absolute Gasteiger partial charge is 0.480 e. The van der Waals surface area contributed by atoms with Crippen molar-refractivity contribution < 1.29 is 9.53 Å². The molecular weight excluding hydrogens is 298 g/mol. The SMILES string of the molecule is CC[C@H](Oc1cccc2ccccc12)C(=O)N(C)c1ccccc1. The van der Waals surface area contributed by atoms with Gasteiger partial charge >= 0.3 is 0 Å². The maximum Gasteiger partial charge on any atom is 0.267 e. The Balaban J connectivity index is 1.85. The first kappa shape index (κ1) is 16.1. The fraction of sp³-hybridized carbons (Fsp3) is 0.190. The molecule has 0 spiro atoms. The molecule has 0 saturated heterocycles. The number of para-hydroxylation sites is 1. The summed E-state index contributed by atoms with van der Waals surface area (Å²) >= 11 is 0. The molecule has 3 aromatic rings. The van der Waals surface area contributed by atoms with E-state index in [1.54, 1.807) is 11.9 Å². The van der Waals surface area contributed by atoms with Crippen molar-refractivity contribution in [2.75, 3.05) is 11.9 Å². The quantitative estimate of drug-likeness (QED) is 0.684. The normalized spacial score (nSPS) is 11.9. The Morgan fingerprint density at radius 1 is 0.958 bits per heavy atom. The molecule has 1 amide bonds. The van der Waals surface area contributed by atoms with Gasteiger partial charge in [0.05, 0.1) is 0 Å². The number of carbonyl (C=O) groups is 1. The van der Waals surface area contributed by atoms with Crippen LogP contribution in [-0.2, 0) is 4.79 Å². The molecule has 0 unspecified atom stereocenters. The predicted octanol–water partition coefficient (Wildman–Crippen LogP) is 4.66. The highest BCUT2D eigenvalue weighted by Crippen LogP contribution is 2.27. The maximum absolute atomic E-state index is 12.8. The molecule has 3 rings (SSSR count). The molecule has 0 N–H and O–H groups in total. The van der Waals surface area contributed by atoms with Crippen molar-refractivity contribution in [3.8, 4) is 5.75 Å². The van der Waals surface area contributed by atoms with Gasteiger partial charge in [0.25, 0.3) is 5.91 Å². The van der Waals surface area contributed by atoms with Crippen LogP contribution in [0.4, 0.5) is 5.69 Å². The summed E-state index contributed by atoms with van der Waals surface area (Å²) in [6, 6.07) is 23.6. The Morgan fingerprint density at radius 3 is 2.38 bits per heavy atom. The van der Waals surface area contributed by atoms with E-state index < -0.39 is 6.10 Å². The second kappa shape index (κ2) is 7.18. The van der Waals surface area contributed by atoms with Gasteiger partial charge < -0.3 is 9.64 Å². The second-order valence-corrected chi connectivity index (χ2v) is 5.72. The monoisotopic (exact) mass is 319 g/mol. The fourth-order valence-electron chi connectivity index (χ4n) is 2.75. The van der Waals surface area contributed by atoms with E-state index in [4.69, 9.17) is 4.74 Å². The summed E-state index contributed by atoms with van der Waals surface area (Å²) in [4.78, 5) is 14.5. The zero-order valence-corrected chi connectivity index (χ0v) is 14.0. The van der Waals surface area contributed by atoms with Gasteiger partial charge in [0, 0.05) is 18.1 Å². The van der Waals surface area contributed by atoms with Crippen LogP contribution in [-0.4, -0.2) is 19.1 Å². The third-order valence-corrected chi connectivity index (χ3v) is 4.14. The molecule has 3 aromatic carbocycles. The molecule has 0 radical (unpaired) electrons. The minimum atomic E-state index is -0.513. The predicted molar refractivity (Wildman–Crippen MR) is 98.5 cm³/mol. The van der Waals surface area contributed by atoms with Gasteiger partial charge in [-0.25, -0.2) is 0 Å². The van der Waals surface area contributed by atoms with Crippen LogP contribution in [0.15, 0.2) is 72.8 Å². The number of nitrogens with zero attached hydrogens (tertiary/aromatic N) is 1. The van der Waals surface area contributed by atoms with Crippen molar-refractivity contribution in [2.45, 2.75) is 19.4 Å². The number of ether oxygens (including phenoxy) is 1. The number of amides is 1. The summed E-state index contributed by atoms with van der Waals surface area (Å²) in [5, 5.41) is 2.13. The molecule has 0 aliphatic heterocycles. The molecule has 122 valence electrons. The third-order valence-electron chi connectivity index (χ3n) is 4.14. The molecule has 0 aliphatic carbocycles. The molecule has 3 nitrogen and oxygen atoms in total. The van der Waals surface area contributed by atoms with Gasteiger partial charge in [-0.05, 0) is 30.0 Å². The number of hydrogen-bond acceptors (Lipinski definition) is 2. The highest BCUT2D eigenvalue weighted by Gasteiger charge is 2.23. The Labute approximate surface area is 142 Å². The lowest BCUT2D eigenvalue weighted by molar-refractivity contribution is -0.125. The molecule has 1 atom stereocenters. The van der Waals surface area contributed by atoms with Gasteiger partial charge in [-0.1, -0.05) is 61.5 Å². The van der Waals surface area contributed by atoms with Gasteiger partial charge in [-0.3, -0.25) is 4.79 Å². The lowest BCUT2D eigenvalue weighted by atomic mass is 10.1. The minimum absolute atomic E-state index is 0.0448. The van der Waals surface area contributed by atoms with Crippen molar-refractivity contribution in [2.24, 2.45) is 0 Å². The number of benzene rings is 3. The Bertz CT molecular complexity index is 824. The van der Waals surface area contributed by atoms with E-state index in [1.165, 1.54) is 0 Å². The van der Waals surface area contributed by atoms with Crippen LogP contribution in [0.3, 0.4) is 0 Å². The molecule has 0 heterocycles. The maximum atomic E-state index is 12.8. The Kier molecular flexibility index (Phi) is 4.80.